The summed E-state index contributed by atoms with van der Waals surface area (Å²) in [5, 5.41) is 31.3. The third-order valence-corrected chi connectivity index (χ3v) is 11.7. The van der Waals surface area contributed by atoms with Crippen LogP contribution in [0, 0.1) is 0 Å². The lowest BCUT2D eigenvalue weighted by Gasteiger charge is -2.50. The van der Waals surface area contributed by atoms with Crippen molar-refractivity contribution in [1.29, 1.82) is 0 Å². The van der Waals surface area contributed by atoms with Crippen LogP contribution in [0.25, 0.3) is 0 Å². The Morgan fingerprint density at radius 3 is 2.68 bits per heavy atom. The number of hydrogen-bond donors (Lipinski definition) is 3. The average Bonchev–Trinajstić information content (AvgIpc) is 3.56. The molecule has 2 aromatic heterocycles. The van der Waals surface area contributed by atoms with Crippen LogP contribution in [-0.4, -0.2) is 100 Å². The third kappa shape index (κ3) is 6.78. The molecule has 2 aromatic rings. The number of thioether (sulfide) groups is 1. The molecule has 3 atom stereocenters. The van der Waals surface area contributed by atoms with Crippen molar-refractivity contribution in [3.05, 3.63) is 11.1 Å². The minimum absolute atomic E-state index is 0.0971. The SMILES string of the molecule is CCOP(=O)(Nc1nc(C(=NOC)C(=O)N[C@@H]2C(=O)N3[C@@H]2CCC(CSc2nnnn2C)=S3C(=O)O)cs1)OCC. The van der Waals surface area contributed by atoms with Crippen LogP contribution in [0.1, 0.15) is 32.4 Å². The van der Waals surface area contributed by atoms with Crippen molar-refractivity contribution in [3.63, 3.8) is 0 Å². The van der Waals surface area contributed by atoms with Gasteiger partial charge >= 0.3 is 13.0 Å². The summed E-state index contributed by atoms with van der Waals surface area (Å²) in [6.07, 6.45) is 0.917. The zero-order valence-electron chi connectivity index (χ0n) is 22.4. The van der Waals surface area contributed by atoms with E-state index in [1.54, 1.807) is 20.9 Å². The molecule has 1 saturated heterocycles. The van der Waals surface area contributed by atoms with Gasteiger partial charge in [-0.25, -0.2) is 19.0 Å². The minimum atomic E-state index is -3.67. The van der Waals surface area contributed by atoms with Crippen LogP contribution in [0.3, 0.4) is 0 Å². The maximum atomic E-state index is 13.2. The van der Waals surface area contributed by atoms with E-state index in [9.17, 15) is 24.1 Å². The smallest absolute Gasteiger partial charge is 0.434 e. The summed E-state index contributed by atoms with van der Waals surface area (Å²) in [5.74, 6) is -0.917. The van der Waals surface area contributed by atoms with Crippen molar-refractivity contribution in [2.75, 3.05) is 31.2 Å². The molecule has 4 rings (SSSR count). The van der Waals surface area contributed by atoms with E-state index in [1.165, 1.54) is 33.2 Å². The molecule has 1 fully saturated rings. The van der Waals surface area contributed by atoms with E-state index in [2.05, 4.69) is 36.1 Å². The van der Waals surface area contributed by atoms with Crippen LogP contribution in [-0.2, 0) is 35.1 Å². The fourth-order valence-electron chi connectivity index (χ4n) is 4.05. The topological polar surface area (TPSA) is 212 Å². The molecular weight excluding hydrogens is 621 g/mol. The van der Waals surface area contributed by atoms with Gasteiger partial charge in [0.05, 0.1) is 19.3 Å². The van der Waals surface area contributed by atoms with E-state index in [0.717, 1.165) is 11.3 Å². The Kier molecular flexibility index (Phi) is 10.1. The van der Waals surface area contributed by atoms with Gasteiger partial charge in [0.25, 0.3) is 11.8 Å². The number of carbonyl (C=O) groups is 3. The third-order valence-electron chi connectivity index (χ3n) is 5.73. The van der Waals surface area contributed by atoms with Crippen molar-refractivity contribution in [2.45, 2.75) is 43.9 Å². The normalized spacial score (nSPS) is 20.8. The molecule has 0 radical (unpaired) electrons. The predicted octanol–water partition coefficient (Wildman–Crippen LogP) is 1.93. The maximum absolute atomic E-state index is 13.2. The Balaban J connectivity index is 1.46. The number of hydrogen-bond acceptors (Lipinski definition) is 14. The monoisotopic (exact) mass is 649 g/mol. The first-order valence-electron chi connectivity index (χ1n) is 12.2. The van der Waals surface area contributed by atoms with E-state index in [-0.39, 0.29) is 29.8 Å². The molecular formula is C20H28N9O8PS3. The second-order valence-corrected chi connectivity index (χ2v) is 13.7. The number of nitrogens with zero attached hydrogens (tertiary/aromatic N) is 7. The first-order valence-corrected chi connectivity index (χ1v) is 16.8. The highest BCUT2D eigenvalue weighted by molar-refractivity contribution is 8.27. The highest BCUT2D eigenvalue weighted by atomic mass is 32.2. The number of carbonyl (C=O) groups excluding carboxylic acids is 2. The highest BCUT2D eigenvalue weighted by Gasteiger charge is 2.53. The number of amides is 2. The molecule has 0 spiro atoms. The molecule has 3 N–H and O–H groups in total. The van der Waals surface area contributed by atoms with Gasteiger partial charge in [-0.1, -0.05) is 16.9 Å². The fourth-order valence-corrected chi connectivity index (χ4v) is 9.48. The standard InChI is InChI=1S/C20H28N9O8PS3/c1-5-36-38(34,37-6-2)25-18-21-12(10-39-18)14(24-35-4)16(30)22-15-13-8-7-11(9-40-19-23-26-27-28(19)3)41(20(32)33)29(13)17(15)31/h10,13,15H,5-9H2,1-4H3,(H,22,30)(H,32,33)(H,21,25,34)/t13-,15+,41?/m1/s1. The summed E-state index contributed by atoms with van der Waals surface area (Å²) in [7, 11) is -2.21. The van der Waals surface area contributed by atoms with Crippen LogP contribution in [0.5, 0.6) is 0 Å². The number of aryl methyl sites for hydroxylation is 1. The van der Waals surface area contributed by atoms with Crippen LogP contribution in [0.2, 0.25) is 0 Å². The van der Waals surface area contributed by atoms with Crippen molar-refractivity contribution in [1.82, 2.24) is 34.8 Å². The van der Waals surface area contributed by atoms with Gasteiger partial charge in [0.15, 0.2) is 10.8 Å². The molecule has 0 bridgehead atoms. The van der Waals surface area contributed by atoms with Gasteiger partial charge in [0.1, 0.15) is 18.8 Å². The van der Waals surface area contributed by atoms with Crippen LogP contribution in [0.15, 0.2) is 15.7 Å². The number of nitrogens with one attached hydrogen (secondary N) is 2. The lowest BCUT2D eigenvalue weighted by molar-refractivity contribution is -0.143. The second kappa shape index (κ2) is 13.4. The number of thiazole rings is 1. The molecule has 41 heavy (non-hydrogen) atoms. The van der Waals surface area contributed by atoms with Gasteiger partial charge in [-0.2, -0.15) is 0 Å². The van der Waals surface area contributed by atoms with Gasteiger partial charge in [-0.05, 0) is 42.0 Å². The number of fused-ring (bicyclic) bond motifs is 1. The Hall–Kier alpha value is -2.90. The Morgan fingerprint density at radius 2 is 2.07 bits per heavy atom. The van der Waals surface area contributed by atoms with E-state index in [0.29, 0.717) is 28.6 Å². The molecule has 2 aliphatic heterocycles. The molecule has 21 heteroatoms. The lowest BCUT2D eigenvalue weighted by atomic mass is 9.93. The fraction of sp³-hybridized carbons (Fsp3) is 0.550. The van der Waals surface area contributed by atoms with Crippen LogP contribution in [0.4, 0.5) is 9.93 Å². The average molecular weight is 650 g/mol. The van der Waals surface area contributed by atoms with Gasteiger partial charge in [-0.15, -0.1) is 16.4 Å². The van der Waals surface area contributed by atoms with Gasteiger partial charge in [0, 0.05) is 28.9 Å². The minimum Gasteiger partial charge on any atom is -0.472 e. The van der Waals surface area contributed by atoms with Crippen molar-refractivity contribution in [2.24, 2.45) is 12.2 Å². The molecule has 2 amide bonds. The predicted molar refractivity (Wildman–Crippen MR) is 152 cm³/mol. The van der Waals surface area contributed by atoms with Crippen LogP contribution < -0.4 is 10.4 Å². The van der Waals surface area contributed by atoms with Crippen molar-refractivity contribution >= 4 is 74.3 Å². The van der Waals surface area contributed by atoms with Gasteiger partial charge in [-0.3, -0.25) is 28.0 Å². The zero-order valence-corrected chi connectivity index (χ0v) is 25.7. The molecule has 0 aliphatic carbocycles. The molecule has 4 heterocycles. The summed E-state index contributed by atoms with van der Waals surface area (Å²) < 4.78 is 26.0. The summed E-state index contributed by atoms with van der Waals surface area (Å²) >= 11 is 2.33. The van der Waals surface area contributed by atoms with E-state index in [1.807, 2.05) is 0 Å². The zero-order chi connectivity index (χ0) is 29.7. The molecule has 2 aliphatic rings. The second-order valence-electron chi connectivity index (χ2n) is 8.29. The van der Waals surface area contributed by atoms with Gasteiger partial charge in [0.2, 0.25) is 5.16 Å². The number of aromatic nitrogens is 5. The van der Waals surface area contributed by atoms with E-state index >= 15 is 0 Å². The van der Waals surface area contributed by atoms with Crippen molar-refractivity contribution in [3.8, 4) is 0 Å². The number of carboxylic acid groups (broad SMARTS) is 1. The maximum Gasteiger partial charge on any atom is 0.434 e. The molecule has 17 nitrogen and oxygen atoms in total. The number of rotatable bonds is 13. The Bertz CT molecular complexity index is 1420. The number of tetrazole rings is 1. The molecule has 224 valence electrons. The summed E-state index contributed by atoms with van der Waals surface area (Å²) in [6.45, 7) is 3.60. The Morgan fingerprint density at radius 1 is 1.34 bits per heavy atom. The lowest BCUT2D eigenvalue weighted by Crippen LogP contribution is -2.70. The van der Waals surface area contributed by atoms with Gasteiger partial charge < -0.3 is 15.3 Å². The van der Waals surface area contributed by atoms with Crippen LogP contribution >= 0.6 is 41.5 Å². The summed E-state index contributed by atoms with van der Waals surface area (Å²) in [4.78, 5) is 48.3. The van der Waals surface area contributed by atoms with E-state index in [4.69, 9.17) is 13.9 Å². The Labute approximate surface area is 245 Å². The number of anilines is 1. The number of oxime groups is 1. The molecule has 1 unspecified atom stereocenters. The highest BCUT2D eigenvalue weighted by Crippen LogP contribution is 2.48. The first kappa shape index (κ1) is 31.0. The summed E-state index contributed by atoms with van der Waals surface area (Å²) in [6, 6.07) is -1.45. The largest absolute Gasteiger partial charge is 0.472 e. The molecule has 0 aromatic carbocycles. The first-order chi connectivity index (χ1) is 19.6. The van der Waals surface area contributed by atoms with Crippen molar-refractivity contribution < 1.29 is 37.9 Å². The quantitative estimate of drug-likeness (QED) is 0.0707. The summed E-state index contributed by atoms with van der Waals surface area (Å²) in [5.41, 5.74) is -0.125. The number of β-lactam (4-membered cyclic amide) rings is 1. The van der Waals surface area contributed by atoms with E-state index < -0.39 is 47.6 Å². The molecule has 0 saturated carbocycles.